The van der Waals surface area contributed by atoms with Crippen LogP contribution in [-0.2, 0) is 9.47 Å². The minimum atomic E-state index is -0.331. The summed E-state index contributed by atoms with van der Waals surface area (Å²) in [6, 6.07) is -0.331. The Balaban J connectivity index is 2.04. The molecule has 0 aliphatic carbocycles. The monoisotopic (exact) mass is 231 g/mol. The van der Waals surface area contributed by atoms with Crippen LogP contribution in [0.2, 0.25) is 0 Å². The molecule has 0 radical (unpaired) electrons. The van der Waals surface area contributed by atoms with Crippen LogP contribution in [-0.4, -0.2) is 38.1 Å². The summed E-state index contributed by atoms with van der Waals surface area (Å²) in [5, 5.41) is 7.42. The van der Waals surface area contributed by atoms with Gasteiger partial charge >= 0.3 is 6.03 Å². The highest BCUT2D eigenvalue weighted by Gasteiger charge is 2.01. The van der Waals surface area contributed by atoms with Gasteiger partial charge in [-0.25, -0.2) is 9.78 Å². The molecule has 15 heavy (non-hydrogen) atoms. The highest BCUT2D eigenvalue weighted by atomic mass is 32.1. The maximum absolute atomic E-state index is 11.2. The van der Waals surface area contributed by atoms with Gasteiger partial charge in [0, 0.05) is 18.7 Å². The second kappa shape index (κ2) is 7.16. The smallest absolute Gasteiger partial charge is 0.322 e. The summed E-state index contributed by atoms with van der Waals surface area (Å²) in [4.78, 5) is 15.1. The first-order chi connectivity index (χ1) is 7.33. The van der Waals surface area contributed by atoms with Crippen LogP contribution >= 0.6 is 11.3 Å². The molecule has 1 heterocycles. The zero-order valence-corrected chi connectivity index (χ0v) is 9.17. The van der Waals surface area contributed by atoms with Gasteiger partial charge in [-0.2, -0.15) is 0 Å². The van der Waals surface area contributed by atoms with E-state index in [1.165, 1.54) is 11.3 Å². The zero-order valence-electron chi connectivity index (χ0n) is 8.36. The third-order valence-electron chi connectivity index (χ3n) is 1.42. The minimum Gasteiger partial charge on any atom is -0.382 e. The predicted molar refractivity (Wildman–Crippen MR) is 57.0 cm³/mol. The van der Waals surface area contributed by atoms with Crippen LogP contribution in [0.5, 0.6) is 0 Å². The maximum atomic E-state index is 11.2. The Morgan fingerprint density at radius 2 is 2.47 bits per heavy atom. The van der Waals surface area contributed by atoms with Crippen molar-refractivity contribution in [1.82, 2.24) is 10.3 Å². The lowest BCUT2D eigenvalue weighted by atomic mass is 10.8. The van der Waals surface area contributed by atoms with Crippen LogP contribution in [0.1, 0.15) is 0 Å². The first kappa shape index (κ1) is 11.9. The Morgan fingerprint density at radius 3 is 3.13 bits per heavy atom. The molecule has 6 nitrogen and oxygen atoms in total. The number of urea groups is 1. The van der Waals surface area contributed by atoms with Crippen LogP contribution in [0.25, 0.3) is 0 Å². The van der Waals surface area contributed by atoms with E-state index in [0.29, 0.717) is 18.3 Å². The van der Waals surface area contributed by atoms with Crippen LogP contribution < -0.4 is 10.6 Å². The summed E-state index contributed by atoms with van der Waals surface area (Å²) in [6.45, 7) is 1.12. The SMILES string of the molecule is COCCOCNC(=O)Nc1nccs1. The van der Waals surface area contributed by atoms with Gasteiger partial charge in [0.2, 0.25) is 0 Å². The fraction of sp³-hybridized carbons (Fsp3) is 0.500. The molecule has 0 atom stereocenters. The second-order valence-corrected chi connectivity index (χ2v) is 3.41. The lowest BCUT2D eigenvalue weighted by Gasteiger charge is -2.05. The van der Waals surface area contributed by atoms with Crippen molar-refractivity contribution in [3.63, 3.8) is 0 Å². The molecule has 0 unspecified atom stereocenters. The number of ether oxygens (including phenoxy) is 2. The van der Waals surface area contributed by atoms with E-state index >= 15 is 0 Å². The standard InChI is InChI=1S/C8H13N3O3S/c1-13-3-4-14-6-10-7(12)11-8-9-2-5-15-8/h2,5H,3-4,6H2,1H3,(H2,9,10,11,12). The van der Waals surface area contributed by atoms with E-state index in [9.17, 15) is 4.79 Å². The molecule has 7 heteroatoms. The quantitative estimate of drug-likeness (QED) is 0.563. The molecule has 1 aromatic heterocycles. The van der Waals surface area contributed by atoms with Gasteiger partial charge in [-0.05, 0) is 0 Å². The van der Waals surface area contributed by atoms with Gasteiger partial charge in [-0.1, -0.05) is 0 Å². The van der Waals surface area contributed by atoms with E-state index in [2.05, 4.69) is 15.6 Å². The highest BCUT2D eigenvalue weighted by molar-refractivity contribution is 7.13. The normalized spacial score (nSPS) is 9.93. The third kappa shape index (κ3) is 5.31. The van der Waals surface area contributed by atoms with Gasteiger partial charge < -0.3 is 14.8 Å². The van der Waals surface area contributed by atoms with Gasteiger partial charge in [0.15, 0.2) is 5.13 Å². The van der Waals surface area contributed by atoms with Crippen LogP contribution in [0, 0.1) is 0 Å². The Morgan fingerprint density at radius 1 is 1.60 bits per heavy atom. The number of carbonyl (C=O) groups is 1. The number of amides is 2. The summed E-state index contributed by atoms with van der Waals surface area (Å²) in [6.07, 6.45) is 1.62. The van der Waals surface area contributed by atoms with Crippen molar-refractivity contribution in [2.24, 2.45) is 0 Å². The van der Waals surface area contributed by atoms with Crippen molar-refractivity contribution >= 4 is 22.5 Å². The lowest BCUT2D eigenvalue weighted by molar-refractivity contribution is 0.0650. The van der Waals surface area contributed by atoms with Crippen LogP contribution in [0.4, 0.5) is 9.93 Å². The first-order valence-corrected chi connectivity index (χ1v) is 5.22. The highest BCUT2D eigenvalue weighted by Crippen LogP contribution is 2.09. The summed E-state index contributed by atoms with van der Waals surface area (Å²) in [5.41, 5.74) is 0. The summed E-state index contributed by atoms with van der Waals surface area (Å²) < 4.78 is 9.82. The van der Waals surface area contributed by atoms with Gasteiger partial charge in [-0.3, -0.25) is 5.32 Å². The molecule has 1 aromatic rings. The molecule has 0 bridgehead atoms. The molecule has 0 saturated carbocycles. The molecule has 0 aromatic carbocycles. The Kier molecular flexibility index (Phi) is 5.67. The predicted octanol–water partition coefficient (Wildman–Crippen LogP) is 0.885. The molecule has 0 saturated heterocycles. The Hall–Kier alpha value is -1.18. The van der Waals surface area contributed by atoms with Crippen molar-refractivity contribution in [3.05, 3.63) is 11.6 Å². The number of rotatable bonds is 6. The maximum Gasteiger partial charge on any atom is 0.322 e. The van der Waals surface area contributed by atoms with Crippen molar-refractivity contribution in [1.29, 1.82) is 0 Å². The second-order valence-electron chi connectivity index (χ2n) is 2.51. The number of nitrogens with zero attached hydrogens (tertiary/aromatic N) is 1. The number of anilines is 1. The van der Waals surface area contributed by atoms with E-state index in [0.717, 1.165) is 0 Å². The third-order valence-corrected chi connectivity index (χ3v) is 2.11. The fourth-order valence-corrected chi connectivity index (χ4v) is 1.28. The number of nitrogens with one attached hydrogen (secondary N) is 2. The molecule has 84 valence electrons. The molecular formula is C8H13N3O3S. The van der Waals surface area contributed by atoms with E-state index in [1.807, 2.05) is 0 Å². The summed E-state index contributed by atoms with van der Waals surface area (Å²) >= 11 is 1.35. The first-order valence-electron chi connectivity index (χ1n) is 4.34. The molecule has 0 fully saturated rings. The average molecular weight is 231 g/mol. The van der Waals surface area contributed by atoms with Crippen molar-refractivity contribution < 1.29 is 14.3 Å². The van der Waals surface area contributed by atoms with Crippen LogP contribution in [0.15, 0.2) is 11.6 Å². The molecular weight excluding hydrogens is 218 g/mol. The summed E-state index contributed by atoms with van der Waals surface area (Å²) in [5.74, 6) is 0. The largest absolute Gasteiger partial charge is 0.382 e. The topological polar surface area (TPSA) is 72.5 Å². The average Bonchev–Trinajstić information content (AvgIpc) is 2.70. The minimum absolute atomic E-state index is 0.153. The molecule has 2 amide bonds. The summed E-state index contributed by atoms with van der Waals surface area (Å²) in [7, 11) is 1.59. The van der Waals surface area contributed by atoms with Crippen molar-refractivity contribution in [2.45, 2.75) is 0 Å². The van der Waals surface area contributed by atoms with E-state index in [4.69, 9.17) is 9.47 Å². The Bertz CT molecular complexity index is 279. The number of hydrogen-bond donors (Lipinski definition) is 2. The van der Waals surface area contributed by atoms with Gasteiger partial charge in [-0.15, -0.1) is 11.3 Å². The zero-order chi connectivity index (χ0) is 10.9. The Labute approximate surface area is 91.6 Å². The number of methoxy groups -OCH3 is 1. The van der Waals surface area contributed by atoms with Gasteiger partial charge in [0.1, 0.15) is 6.73 Å². The van der Waals surface area contributed by atoms with Crippen molar-refractivity contribution in [3.8, 4) is 0 Å². The van der Waals surface area contributed by atoms with Crippen LogP contribution in [0.3, 0.4) is 0 Å². The van der Waals surface area contributed by atoms with E-state index < -0.39 is 0 Å². The van der Waals surface area contributed by atoms with E-state index in [-0.39, 0.29) is 12.8 Å². The molecule has 0 aliphatic rings. The van der Waals surface area contributed by atoms with Gasteiger partial charge in [0.25, 0.3) is 0 Å². The van der Waals surface area contributed by atoms with E-state index in [1.54, 1.807) is 18.7 Å². The number of hydrogen-bond acceptors (Lipinski definition) is 5. The molecule has 0 aliphatic heterocycles. The van der Waals surface area contributed by atoms with Crippen molar-refractivity contribution in [2.75, 3.05) is 32.4 Å². The molecule has 0 spiro atoms. The fourth-order valence-electron chi connectivity index (χ4n) is 0.757. The molecule has 2 N–H and O–H groups in total. The number of thiazole rings is 1. The lowest BCUT2D eigenvalue weighted by Crippen LogP contribution is -2.31. The molecule has 1 rings (SSSR count). The van der Waals surface area contributed by atoms with Gasteiger partial charge in [0.05, 0.1) is 13.2 Å². The number of carbonyl (C=O) groups excluding carboxylic acids is 1. The number of aromatic nitrogens is 1.